The summed E-state index contributed by atoms with van der Waals surface area (Å²) < 4.78 is 0. The first-order chi connectivity index (χ1) is 27.7. The monoisotopic (exact) mass is 704 g/mol. The van der Waals surface area contributed by atoms with Crippen molar-refractivity contribution in [3.63, 3.8) is 0 Å². The molecule has 0 amide bonds. The summed E-state index contributed by atoms with van der Waals surface area (Å²) in [5.74, 6) is 0.206. The normalized spacial score (nSPS) is 13.8. The summed E-state index contributed by atoms with van der Waals surface area (Å²) in [6, 6.07) is 52.2. The third-order valence-corrected chi connectivity index (χ3v) is 13.8. The Morgan fingerprint density at radius 2 is 0.393 bits per heavy atom. The lowest BCUT2D eigenvalue weighted by Crippen LogP contribution is -2.10. The van der Waals surface area contributed by atoms with Crippen molar-refractivity contribution >= 4 is 119 Å². The molecule has 0 saturated heterocycles. The molecule has 0 spiro atoms. The smallest absolute Gasteiger partial charge is 0.194 e. The van der Waals surface area contributed by atoms with E-state index in [1.54, 1.807) is 0 Å². The summed E-state index contributed by atoms with van der Waals surface area (Å²) in [4.78, 5) is 27.8. The minimum Gasteiger partial charge on any atom is -0.289 e. The average Bonchev–Trinajstić information content (AvgIpc) is 3.25. The van der Waals surface area contributed by atoms with Gasteiger partial charge in [0.25, 0.3) is 0 Å². The first kappa shape index (κ1) is 28.1. The first-order valence-electron chi connectivity index (χ1n) is 19.3. The zero-order valence-electron chi connectivity index (χ0n) is 29.7. The molecule has 2 aliphatic carbocycles. The standard InChI is InChI=1S/C54H24O2/c55-53-41-7-3-1-5-25(41)27-9-11-37-33-17-13-29-32-16-20-36-40-22-24-44-52-28(26-6-2-4-8-42(26)54(44)56)10-12-38(50(40)52)34-18-14-30(46(32)48(34)36)31-15-19-35(47(33)45(29)31)39-21-23-43(53)51(27)49(37)39/h1-24H. The molecule has 0 aliphatic heterocycles. The van der Waals surface area contributed by atoms with E-state index in [0.717, 1.165) is 55.3 Å². The number of carbonyl (C=O) groups is 2. The molecule has 0 N–H and O–H groups in total. The van der Waals surface area contributed by atoms with Crippen LogP contribution in [0.4, 0.5) is 0 Å². The molecule has 15 rings (SSSR count). The Hall–Kier alpha value is -7.42. The SMILES string of the molecule is O=C1c2ccccc2-c2ccc3c4ccc5c6ccc7c8ccc9c%10c(ccc(c%11ccc(c%12ccc(c%13ccc1c2c%133)c4c%125)c6c7%11)c%108)-c1ccccc1C9=O. The summed E-state index contributed by atoms with van der Waals surface area (Å²) in [6.45, 7) is 0. The van der Waals surface area contributed by atoms with Crippen LogP contribution < -0.4 is 0 Å². The Kier molecular flexibility index (Phi) is 4.56. The fourth-order valence-corrected chi connectivity index (χ4v) is 11.6. The predicted octanol–water partition coefficient (Wildman–Crippen LogP) is 14.0. The summed E-state index contributed by atoms with van der Waals surface area (Å²) in [7, 11) is 0. The third-order valence-electron chi connectivity index (χ3n) is 13.8. The highest BCUT2D eigenvalue weighted by Crippen LogP contribution is 2.53. The number of rotatable bonds is 0. The number of benzene rings is 13. The lowest BCUT2D eigenvalue weighted by Gasteiger charge is -2.25. The van der Waals surface area contributed by atoms with Crippen LogP contribution in [0.25, 0.3) is 130 Å². The zero-order valence-corrected chi connectivity index (χ0v) is 29.7. The summed E-state index contributed by atoms with van der Waals surface area (Å²) in [5.41, 5.74) is 7.45. The molecule has 0 aromatic heterocycles. The molecule has 56 heavy (non-hydrogen) atoms. The first-order valence-corrected chi connectivity index (χ1v) is 19.3. The van der Waals surface area contributed by atoms with E-state index < -0.39 is 0 Å². The van der Waals surface area contributed by atoms with Gasteiger partial charge in [-0.25, -0.2) is 0 Å². The molecule has 0 bridgehead atoms. The summed E-state index contributed by atoms with van der Waals surface area (Å²) >= 11 is 0. The average molecular weight is 705 g/mol. The highest BCUT2D eigenvalue weighted by molar-refractivity contribution is 6.47. The van der Waals surface area contributed by atoms with E-state index in [-0.39, 0.29) is 11.6 Å². The minimum atomic E-state index is 0.103. The van der Waals surface area contributed by atoms with E-state index in [0.29, 0.717) is 0 Å². The maximum Gasteiger partial charge on any atom is 0.194 e. The van der Waals surface area contributed by atoms with Gasteiger partial charge in [-0.1, -0.05) is 133 Å². The van der Waals surface area contributed by atoms with Gasteiger partial charge in [0, 0.05) is 33.0 Å². The number of hydrogen-bond acceptors (Lipinski definition) is 2. The third kappa shape index (κ3) is 2.90. The lowest BCUT2D eigenvalue weighted by atomic mass is 9.77. The second kappa shape index (κ2) is 9.09. The van der Waals surface area contributed by atoms with Crippen molar-refractivity contribution < 1.29 is 9.59 Å². The van der Waals surface area contributed by atoms with Crippen molar-refractivity contribution in [2.45, 2.75) is 0 Å². The van der Waals surface area contributed by atoms with Crippen LogP contribution in [0, 0.1) is 0 Å². The van der Waals surface area contributed by atoms with Crippen LogP contribution in [0.2, 0.25) is 0 Å². The highest BCUT2D eigenvalue weighted by atomic mass is 16.1. The van der Waals surface area contributed by atoms with E-state index in [1.165, 1.54) is 97.0 Å². The second-order valence-corrected chi connectivity index (χ2v) is 16.0. The van der Waals surface area contributed by atoms with Gasteiger partial charge < -0.3 is 0 Å². The van der Waals surface area contributed by atoms with Crippen molar-refractivity contribution in [1.82, 2.24) is 0 Å². The van der Waals surface area contributed by atoms with Crippen LogP contribution in [0.3, 0.4) is 0 Å². The van der Waals surface area contributed by atoms with Crippen LogP contribution in [0.1, 0.15) is 31.8 Å². The topological polar surface area (TPSA) is 34.1 Å². The maximum atomic E-state index is 13.9. The Bertz CT molecular complexity index is 3690. The van der Waals surface area contributed by atoms with Crippen molar-refractivity contribution in [2.75, 3.05) is 0 Å². The van der Waals surface area contributed by atoms with Crippen molar-refractivity contribution in [3.8, 4) is 22.3 Å². The quantitative estimate of drug-likeness (QED) is 0.116. The largest absolute Gasteiger partial charge is 0.289 e. The van der Waals surface area contributed by atoms with Gasteiger partial charge in [-0.15, -0.1) is 0 Å². The number of fused-ring (bicyclic) bond motifs is 10. The van der Waals surface area contributed by atoms with E-state index >= 15 is 0 Å². The fraction of sp³-hybridized carbons (Fsp3) is 0. The highest BCUT2D eigenvalue weighted by Gasteiger charge is 2.30. The van der Waals surface area contributed by atoms with E-state index in [9.17, 15) is 9.59 Å². The molecule has 0 fully saturated rings. The molecule has 13 aromatic rings. The van der Waals surface area contributed by atoms with Crippen LogP contribution in [-0.2, 0) is 0 Å². The van der Waals surface area contributed by atoms with Crippen molar-refractivity contribution in [3.05, 3.63) is 168 Å². The number of hydrogen-bond donors (Lipinski definition) is 0. The predicted molar refractivity (Wildman–Crippen MR) is 233 cm³/mol. The molecule has 2 aliphatic rings. The van der Waals surface area contributed by atoms with Crippen molar-refractivity contribution in [1.29, 1.82) is 0 Å². The van der Waals surface area contributed by atoms with Gasteiger partial charge in [-0.3, -0.25) is 9.59 Å². The number of ketones is 2. The minimum absolute atomic E-state index is 0.103. The molecule has 0 heterocycles. The number of carbonyl (C=O) groups excluding carboxylic acids is 2. The molecular formula is C54H24O2. The maximum absolute atomic E-state index is 13.9. The van der Waals surface area contributed by atoms with Gasteiger partial charge >= 0.3 is 0 Å². The second-order valence-electron chi connectivity index (χ2n) is 16.0. The molecule has 0 radical (unpaired) electrons. The summed E-state index contributed by atoms with van der Waals surface area (Å²) in [5, 5.41) is 24.3. The Balaban J connectivity index is 1.09. The van der Waals surface area contributed by atoms with Crippen LogP contribution in [0.15, 0.2) is 146 Å². The van der Waals surface area contributed by atoms with Gasteiger partial charge in [-0.05, 0) is 131 Å². The van der Waals surface area contributed by atoms with Gasteiger partial charge in [0.2, 0.25) is 0 Å². The molecule has 13 aromatic carbocycles. The fourth-order valence-electron chi connectivity index (χ4n) is 11.6. The van der Waals surface area contributed by atoms with Gasteiger partial charge in [0.15, 0.2) is 11.6 Å². The van der Waals surface area contributed by atoms with E-state index in [2.05, 4.69) is 109 Å². The molecule has 2 nitrogen and oxygen atoms in total. The summed E-state index contributed by atoms with van der Waals surface area (Å²) in [6.07, 6.45) is 0. The van der Waals surface area contributed by atoms with E-state index in [4.69, 9.17) is 0 Å². The Labute approximate surface area is 317 Å². The Morgan fingerprint density at radius 1 is 0.179 bits per heavy atom. The lowest BCUT2D eigenvalue weighted by molar-refractivity contribution is 0.103. The molecule has 0 saturated carbocycles. The molecule has 252 valence electrons. The Morgan fingerprint density at radius 3 is 0.679 bits per heavy atom. The van der Waals surface area contributed by atoms with Gasteiger partial charge in [0.1, 0.15) is 0 Å². The van der Waals surface area contributed by atoms with Crippen LogP contribution >= 0.6 is 0 Å². The molecular weight excluding hydrogens is 681 g/mol. The zero-order chi connectivity index (χ0) is 36.3. The van der Waals surface area contributed by atoms with Gasteiger partial charge in [0.05, 0.1) is 0 Å². The molecule has 0 unspecified atom stereocenters. The van der Waals surface area contributed by atoms with Crippen LogP contribution in [-0.4, -0.2) is 11.6 Å². The molecule has 0 atom stereocenters. The van der Waals surface area contributed by atoms with E-state index in [1.807, 2.05) is 36.4 Å². The molecule has 2 heteroatoms. The van der Waals surface area contributed by atoms with Crippen molar-refractivity contribution in [2.24, 2.45) is 0 Å². The van der Waals surface area contributed by atoms with Crippen LogP contribution in [0.5, 0.6) is 0 Å². The van der Waals surface area contributed by atoms with Gasteiger partial charge in [-0.2, -0.15) is 0 Å².